The van der Waals surface area contributed by atoms with Gasteiger partial charge < -0.3 is 5.32 Å². The molecule has 0 radical (unpaired) electrons. The first-order valence-corrected chi connectivity index (χ1v) is 7.25. The van der Waals surface area contributed by atoms with Crippen molar-refractivity contribution in [1.29, 1.82) is 0 Å². The Morgan fingerprint density at radius 1 is 1.18 bits per heavy atom. The molecule has 0 bridgehead atoms. The number of anilines is 1. The molecule has 0 aliphatic carbocycles. The molecule has 3 N–H and O–H groups in total. The summed E-state index contributed by atoms with van der Waals surface area (Å²) in [6, 6.07) is 5.98. The molecule has 0 saturated carbocycles. The predicted octanol–water partition coefficient (Wildman–Crippen LogP) is 3.41. The summed E-state index contributed by atoms with van der Waals surface area (Å²) < 4.78 is 0. The molecule has 0 fully saturated rings. The zero-order valence-corrected chi connectivity index (χ0v) is 12.6. The van der Waals surface area contributed by atoms with Gasteiger partial charge >= 0.3 is 0 Å². The number of fused-ring (bicyclic) bond motifs is 2. The number of aryl methyl sites for hydroxylation is 1. The predicted molar refractivity (Wildman–Crippen MR) is 87.1 cm³/mol. The van der Waals surface area contributed by atoms with Crippen LogP contribution in [0.3, 0.4) is 0 Å². The first-order valence-electron chi connectivity index (χ1n) is 6.87. The number of aromatic amines is 2. The lowest BCUT2D eigenvalue weighted by Gasteiger charge is -2.09. The van der Waals surface area contributed by atoms with E-state index >= 15 is 0 Å². The fraction of sp³-hybridized carbons (Fsp3) is 0.133. The number of nitrogens with zero attached hydrogens (tertiary/aromatic N) is 3. The van der Waals surface area contributed by atoms with Gasteiger partial charge in [-0.15, -0.1) is 0 Å². The number of halogens is 1. The largest absolute Gasteiger partial charge is 0.380 e. The SMILES string of the molecule is Cc1[nH]nc2ncc(CNc3ccc4[nH]ncc4c3Cl)cc12. The Kier molecular flexibility index (Phi) is 2.97. The van der Waals surface area contributed by atoms with Gasteiger partial charge in [0.1, 0.15) is 0 Å². The lowest BCUT2D eigenvalue weighted by Crippen LogP contribution is -2.00. The highest BCUT2D eigenvalue weighted by atomic mass is 35.5. The molecule has 0 spiro atoms. The highest BCUT2D eigenvalue weighted by Crippen LogP contribution is 2.30. The van der Waals surface area contributed by atoms with Crippen molar-refractivity contribution in [3.05, 3.63) is 46.9 Å². The van der Waals surface area contributed by atoms with E-state index in [1.807, 2.05) is 25.3 Å². The van der Waals surface area contributed by atoms with E-state index in [9.17, 15) is 0 Å². The molecule has 0 atom stereocenters. The van der Waals surface area contributed by atoms with Crippen molar-refractivity contribution in [2.75, 3.05) is 5.32 Å². The molecule has 1 aromatic carbocycles. The number of benzene rings is 1. The highest BCUT2D eigenvalue weighted by Gasteiger charge is 2.08. The van der Waals surface area contributed by atoms with Crippen LogP contribution in [-0.2, 0) is 6.54 Å². The number of aromatic nitrogens is 5. The fourth-order valence-electron chi connectivity index (χ4n) is 2.48. The third-order valence-electron chi connectivity index (χ3n) is 3.70. The average Bonchev–Trinajstić information content (AvgIpc) is 3.14. The number of H-pyrrole nitrogens is 2. The molecule has 110 valence electrons. The molecule has 0 amide bonds. The Morgan fingerprint density at radius 3 is 3.00 bits per heavy atom. The zero-order chi connectivity index (χ0) is 15.1. The smallest absolute Gasteiger partial charge is 0.181 e. The summed E-state index contributed by atoms with van der Waals surface area (Å²) in [5.74, 6) is 0. The summed E-state index contributed by atoms with van der Waals surface area (Å²) in [5, 5.41) is 19.9. The van der Waals surface area contributed by atoms with E-state index in [2.05, 4.69) is 36.8 Å². The Labute approximate surface area is 130 Å². The van der Waals surface area contributed by atoms with Gasteiger partial charge in [-0.25, -0.2) is 4.98 Å². The molecule has 22 heavy (non-hydrogen) atoms. The summed E-state index contributed by atoms with van der Waals surface area (Å²) in [6.45, 7) is 2.62. The number of rotatable bonds is 3. The molecule has 3 aromatic heterocycles. The fourth-order valence-corrected chi connectivity index (χ4v) is 2.76. The van der Waals surface area contributed by atoms with Crippen LogP contribution in [0.5, 0.6) is 0 Å². The number of nitrogens with one attached hydrogen (secondary N) is 3. The molecule has 0 saturated heterocycles. The van der Waals surface area contributed by atoms with E-state index in [4.69, 9.17) is 11.6 Å². The molecule has 3 heterocycles. The highest BCUT2D eigenvalue weighted by molar-refractivity contribution is 6.38. The monoisotopic (exact) mass is 312 g/mol. The molecule has 0 aliphatic heterocycles. The van der Waals surface area contributed by atoms with Crippen LogP contribution in [0, 0.1) is 6.92 Å². The first kappa shape index (κ1) is 13.1. The molecular weight excluding hydrogens is 300 g/mol. The minimum atomic E-state index is 0.636. The van der Waals surface area contributed by atoms with E-state index < -0.39 is 0 Å². The van der Waals surface area contributed by atoms with E-state index in [1.54, 1.807) is 6.20 Å². The standard InChI is InChI=1S/C15H13ClN6/c1-8-10-4-9(6-18-15(10)22-20-8)5-17-13-3-2-12-11(14(13)16)7-19-21-12/h2-4,6-7,17H,5H2,1H3,(H,19,21)(H,18,20,22). The van der Waals surface area contributed by atoms with Crippen molar-refractivity contribution in [3.63, 3.8) is 0 Å². The average molecular weight is 313 g/mol. The Morgan fingerprint density at radius 2 is 2.09 bits per heavy atom. The molecule has 0 unspecified atom stereocenters. The maximum absolute atomic E-state index is 6.40. The van der Waals surface area contributed by atoms with Crippen LogP contribution in [0.2, 0.25) is 5.02 Å². The van der Waals surface area contributed by atoms with Gasteiger partial charge in [-0.3, -0.25) is 10.2 Å². The summed E-state index contributed by atoms with van der Waals surface area (Å²) in [5.41, 5.74) is 4.62. The normalized spacial score (nSPS) is 11.4. The molecular formula is C15H13ClN6. The molecule has 0 aliphatic rings. The van der Waals surface area contributed by atoms with Gasteiger partial charge in [0.25, 0.3) is 0 Å². The van der Waals surface area contributed by atoms with Gasteiger partial charge in [-0.05, 0) is 30.7 Å². The third-order valence-corrected chi connectivity index (χ3v) is 4.11. The van der Waals surface area contributed by atoms with Crippen LogP contribution in [0.25, 0.3) is 21.9 Å². The van der Waals surface area contributed by atoms with Crippen molar-refractivity contribution >= 4 is 39.2 Å². The van der Waals surface area contributed by atoms with Crippen molar-refractivity contribution in [3.8, 4) is 0 Å². The molecule has 7 heteroatoms. The van der Waals surface area contributed by atoms with Crippen LogP contribution in [0.1, 0.15) is 11.3 Å². The minimum absolute atomic E-state index is 0.636. The first-order chi connectivity index (χ1) is 10.7. The number of hydrogen-bond donors (Lipinski definition) is 3. The topological polar surface area (TPSA) is 82.3 Å². The molecule has 4 rings (SSSR count). The van der Waals surface area contributed by atoms with Crippen molar-refractivity contribution in [1.82, 2.24) is 25.4 Å². The molecule has 4 aromatic rings. The van der Waals surface area contributed by atoms with E-state index in [0.717, 1.165) is 38.9 Å². The Bertz CT molecular complexity index is 971. The lowest BCUT2D eigenvalue weighted by atomic mass is 10.2. The van der Waals surface area contributed by atoms with E-state index in [1.165, 1.54) is 0 Å². The van der Waals surface area contributed by atoms with Crippen LogP contribution >= 0.6 is 11.6 Å². The van der Waals surface area contributed by atoms with Crippen molar-refractivity contribution < 1.29 is 0 Å². The van der Waals surface area contributed by atoms with E-state index in [0.29, 0.717) is 11.6 Å². The second kappa shape index (κ2) is 4.99. The Balaban J connectivity index is 1.62. The molecule has 6 nitrogen and oxygen atoms in total. The van der Waals surface area contributed by atoms with Crippen molar-refractivity contribution in [2.24, 2.45) is 0 Å². The van der Waals surface area contributed by atoms with Gasteiger partial charge in [0.15, 0.2) is 5.65 Å². The number of pyridine rings is 1. The van der Waals surface area contributed by atoms with Gasteiger partial charge in [0.2, 0.25) is 0 Å². The summed E-state index contributed by atoms with van der Waals surface area (Å²) in [7, 11) is 0. The number of hydrogen-bond acceptors (Lipinski definition) is 4. The quantitative estimate of drug-likeness (QED) is 0.541. The zero-order valence-electron chi connectivity index (χ0n) is 11.8. The maximum atomic E-state index is 6.40. The van der Waals surface area contributed by atoms with Crippen LogP contribution in [-0.4, -0.2) is 25.4 Å². The van der Waals surface area contributed by atoms with Gasteiger partial charge in [0, 0.05) is 29.2 Å². The maximum Gasteiger partial charge on any atom is 0.181 e. The third kappa shape index (κ3) is 2.08. The van der Waals surface area contributed by atoms with Crippen molar-refractivity contribution in [2.45, 2.75) is 13.5 Å². The minimum Gasteiger partial charge on any atom is -0.380 e. The Hall–Kier alpha value is -2.60. The summed E-state index contributed by atoms with van der Waals surface area (Å²) in [4.78, 5) is 4.35. The van der Waals surface area contributed by atoms with Gasteiger partial charge in [-0.2, -0.15) is 10.2 Å². The van der Waals surface area contributed by atoms with E-state index in [-0.39, 0.29) is 0 Å². The summed E-state index contributed by atoms with van der Waals surface area (Å²) in [6.07, 6.45) is 3.55. The van der Waals surface area contributed by atoms with Gasteiger partial charge in [0.05, 0.1) is 22.4 Å². The van der Waals surface area contributed by atoms with Gasteiger partial charge in [-0.1, -0.05) is 11.6 Å². The van der Waals surface area contributed by atoms with Crippen LogP contribution < -0.4 is 5.32 Å². The lowest BCUT2D eigenvalue weighted by molar-refractivity contribution is 1.05. The second-order valence-corrected chi connectivity index (χ2v) is 5.55. The van der Waals surface area contributed by atoms with Crippen LogP contribution in [0.4, 0.5) is 5.69 Å². The van der Waals surface area contributed by atoms with Crippen LogP contribution in [0.15, 0.2) is 30.6 Å². The summed E-state index contributed by atoms with van der Waals surface area (Å²) >= 11 is 6.40. The second-order valence-electron chi connectivity index (χ2n) is 5.18.